The zero-order valence-electron chi connectivity index (χ0n) is 12.6. The predicted molar refractivity (Wildman–Crippen MR) is 77.5 cm³/mol. The number of nitrogens with zero attached hydrogens (tertiary/aromatic N) is 3. The van der Waals surface area contributed by atoms with Crippen LogP contribution in [0.2, 0.25) is 0 Å². The van der Waals surface area contributed by atoms with Crippen LogP contribution in [0.1, 0.15) is 25.7 Å². The van der Waals surface area contributed by atoms with Gasteiger partial charge in [-0.2, -0.15) is 0 Å². The number of carbonyl (C=O) groups is 1. The molecule has 5 heteroatoms. The minimum Gasteiger partial charge on any atom is -0.480 e. The molecule has 1 saturated heterocycles. The molecule has 1 aliphatic rings. The molecule has 1 N–H and O–H groups in total. The van der Waals surface area contributed by atoms with E-state index in [1.165, 1.54) is 25.8 Å². The molecule has 0 aliphatic carbocycles. The minimum absolute atomic E-state index is 0.157. The molecule has 1 rings (SSSR count). The Balaban J connectivity index is 2.35. The molecule has 0 amide bonds. The number of carboxylic acids is 1. The van der Waals surface area contributed by atoms with Gasteiger partial charge in [-0.15, -0.1) is 0 Å². The Kier molecular flexibility index (Phi) is 7.34. The van der Waals surface area contributed by atoms with Crippen molar-refractivity contribution in [3.8, 4) is 0 Å². The zero-order chi connectivity index (χ0) is 14.3. The van der Waals surface area contributed by atoms with Crippen molar-refractivity contribution in [1.82, 2.24) is 14.7 Å². The lowest BCUT2D eigenvalue weighted by Crippen LogP contribution is -2.41. The molecule has 5 nitrogen and oxygen atoms in total. The number of carboxylic acid groups (broad SMARTS) is 1. The van der Waals surface area contributed by atoms with Crippen LogP contribution >= 0.6 is 0 Å². The first-order chi connectivity index (χ1) is 8.99. The Morgan fingerprint density at radius 2 is 2.00 bits per heavy atom. The van der Waals surface area contributed by atoms with Crippen molar-refractivity contribution in [2.24, 2.45) is 0 Å². The first-order valence-corrected chi connectivity index (χ1v) is 7.28. The molecule has 0 radical (unpaired) electrons. The molecular weight excluding hydrogens is 242 g/mol. The van der Waals surface area contributed by atoms with Crippen molar-refractivity contribution < 1.29 is 9.90 Å². The van der Waals surface area contributed by atoms with Crippen molar-refractivity contribution in [3.63, 3.8) is 0 Å². The zero-order valence-corrected chi connectivity index (χ0v) is 12.6. The average molecular weight is 271 g/mol. The highest BCUT2D eigenvalue weighted by atomic mass is 16.4. The lowest BCUT2D eigenvalue weighted by molar-refractivity contribution is -0.138. The summed E-state index contributed by atoms with van der Waals surface area (Å²) in [5.74, 6) is -0.726. The summed E-state index contributed by atoms with van der Waals surface area (Å²) in [4.78, 5) is 17.5. The van der Waals surface area contributed by atoms with Gasteiger partial charge in [-0.3, -0.25) is 9.69 Å². The summed E-state index contributed by atoms with van der Waals surface area (Å²) in [5, 5.41) is 8.97. The second-order valence-corrected chi connectivity index (χ2v) is 5.89. The van der Waals surface area contributed by atoms with Gasteiger partial charge in [0.15, 0.2) is 0 Å². The standard InChI is InChI=1S/C14H29N3O2/c1-15(2)10-11-17(12-14(18)19)9-7-13-6-4-5-8-16(13)3/h13H,4-12H2,1-3H3,(H,18,19). The summed E-state index contributed by atoms with van der Waals surface area (Å²) in [5.41, 5.74) is 0. The molecule has 0 aromatic heterocycles. The maximum Gasteiger partial charge on any atom is 0.317 e. The fourth-order valence-electron chi connectivity index (χ4n) is 2.64. The molecule has 0 spiro atoms. The van der Waals surface area contributed by atoms with Crippen LogP contribution in [0.4, 0.5) is 0 Å². The van der Waals surface area contributed by atoms with E-state index in [0.717, 1.165) is 26.1 Å². The summed E-state index contributed by atoms with van der Waals surface area (Å²) >= 11 is 0. The predicted octanol–water partition coefficient (Wildman–Crippen LogP) is 0.809. The fraction of sp³-hybridized carbons (Fsp3) is 0.929. The fourth-order valence-corrected chi connectivity index (χ4v) is 2.64. The van der Waals surface area contributed by atoms with E-state index in [0.29, 0.717) is 6.04 Å². The average Bonchev–Trinajstić information content (AvgIpc) is 2.33. The second-order valence-electron chi connectivity index (χ2n) is 5.89. The van der Waals surface area contributed by atoms with Crippen LogP contribution < -0.4 is 0 Å². The lowest BCUT2D eigenvalue weighted by atomic mass is 10.00. The summed E-state index contributed by atoms with van der Waals surface area (Å²) in [6, 6.07) is 0.629. The summed E-state index contributed by atoms with van der Waals surface area (Å²) in [6.07, 6.45) is 4.94. The highest BCUT2D eigenvalue weighted by Gasteiger charge is 2.20. The quantitative estimate of drug-likeness (QED) is 0.708. The molecule has 19 heavy (non-hydrogen) atoms. The highest BCUT2D eigenvalue weighted by Crippen LogP contribution is 2.17. The van der Waals surface area contributed by atoms with Gasteiger partial charge in [-0.25, -0.2) is 0 Å². The van der Waals surface area contributed by atoms with Crippen LogP contribution in [0.3, 0.4) is 0 Å². The number of rotatable bonds is 8. The van der Waals surface area contributed by atoms with Gasteiger partial charge in [0, 0.05) is 25.7 Å². The summed E-state index contributed by atoms with van der Waals surface area (Å²) < 4.78 is 0. The Bertz CT molecular complexity index is 271. The van der Waals surface area contributed by atoms with Crippen LogP contribution in [0, 0.1) is 0 Å². The van der Waals surface area contributed by atoms with E-state index in [2.05, 4.69) is 21.7 Å². The van der Waals surface area contributed by atoms with E-state index in [4.69, 9.17) is 5.11 Å². The maximum atomic E-state index is 10.9. The number of likely N-dealkylation sites (tertiary alicyclic amines) is 1. The van der Waals surface area contributed by atoms with Crippen LogP contribution in [0.15, 0.2) is 0 Å². The third-order valence-corrected chi connectivity index (χ3v) is 3.92. The van der Waals surface area contributed by atoms with Gasteiger partial charge in [-0.1, -0.05) is 6.42 Å². The van der Waals surface area contributed by atoms with Crippen LogP contribution in [0.25, 0.3) is 0 Å². The summed E-state index contributed by atoms with van der Waals surface area (Å²) in [6.45, 7) is 3.96. The van der Waals surface area contributed by atoms with E-state index in [-0.39, 0.29) is 6.54 Å². The first-order valence-electron chi connectivity index (χ1n) is 7.28. The van der Waals surface area contributed by atoms with Gasteiger partial charge in [0.1, 0.15) is 0 Å². The molecule has 0 aromatic rings. The first kappa shape index (κ1) is 16.4. The van der Waals surface area contributed by atoms with Gasteiger partial charge in [0.2, 0.25) is 0 Å². The van der Waals surface area contributed by atoms with Crippen molar-refractivity contribution in [1.29, 1.82) is 0 Å². The van der Waals surface area contributed by atoms with Crippen molar-refractivity contribution in [3.05, 3.63) is 0 Å². The third kappa shape index (κ3) is 6.89. The molecule has 0 aromatic carbocycles. The molecular formula is C14H29N3O2. The smallest absolute Gasteiger partial charge is 0.317 e. The second kappa shape index (κ2) is 8.51. The van der Waals surface area contributed by atoms with Crippen LogP contribution in [-0.4, -0.2) is 85.7 Å². The monoisotopic (exact) mass is 271 g/mol. The minimum atomic E-state index is -0.726. The van der Waals surface area contributed by atoms with Gasteiger partial charge < -0.3 is 14.9 Å². The number of hydrogen-bond donors (Lipinski definition) is 1. The van der Waals surface area contributed by atoms with Crippen molar-refractivity contribution in [2.75, 3.05) is 53.9 Å². The summed E-state index contributed by atoms with van der Waals surface area (Å²) in [7, 11) is 6.23. The molecule has 1 aliphatic heterocycles. The SMILES string of the molecule is CN(C)CCN(CCC1CCCCN1C)CC(=O)O. The molecule has 1 fully saturated rings. The Morgan fingerprint density at radius 3 is 2.58 bits per heavy atom. The maximum absolute atomic E-state index is 10.9. The third-order valence-electron chi connectivity index (χ3n) is 3.92. The topological polar surface area (TPSA) is 47.0 Å². The van der Waals surface area contributed by atoms with E-state index in [1.807, 2.05) is 14.1 Å². The van der Waals surface area contributed by atoms with Crippen molar-refractivity contribution >= 4 is 5.97 Å². The van der Waals surface area contributed by atoms with Crippen LogP contribution in [-0.2, 0) is 4.79 Å². The normalized spacial score (nSPS) is 21.2. The van der Waals surface area contributed by atoms with Gasteiger partial charge in [-0.05, 0) is 47.0 Å². The molecule has 0 bridgehead atoms. The lowest BCUT2D eigenvalue weighted by Gasteiger charge is -2.34. The Labute approximate surface area is 117 Å². The number of aliphatic carboxylic acids is 1. The Hall–Kier alpha value is -0.650. The van der Waals surface area contributed by atoms with Gasteiger partial charge in [0.05, 0.1) is 6.54 Å². The number of hydrogen-bond acceptors (Lipinski definition) is 4. The Morgan fingerprint density at radius 1 is 1.26 bits per heavy atom. The molecule has 1 heterocycles. The molecule has 112 valence electrons. The molecule has 1 unspecified atom stereocenters. The molecule has 0 saturated carbocycles. The van der Waals surface area contributed by atoms with E-state index >= 15 is 0 Å². The van der Waals surface area contributed by atoms with E-state index in [1.54, 1.807) is 0 Å². The van der Waals surface area contributed by atoms with Gasteiger partial charge in [0.25, 0.3) is 0 Å². The van der Waals surface area contributed by atoms with Gasteiger partial charge >= 0.3 is 5.97 Å². The molecule has 1 atom stereocenters. The van der Waals surface area contributed by atoms with E-state index in [9.17, 15) is 4.79 Å². The number of piperidine rings is 1. The number of likely N-dealkylation sites (N-methyl/N-ethyl adjacent to an activating group) is 1. The highest BCUT2D eigenvalue weighted by molar-refractivity contribution is 5.69. The van der Waals surface area contributed by atoms with E-state index < -0.39 is 5.97 Å². The van der Waals surface area contributed by atoms with Crippen molar-refractivity contribution in [2.45, 2.75) is 31.7 Å². The van der Waals surface area contributed by atoms with Crippen LogP contribution in [0.5, 0.6) is 0 Å². The largest absolute Gasteiger partial charge is 0.480 e.